The van der Waals surface area contributed by atoms with Crippen LogP contribution in [0.2, 0.25) is 0 Å². The third-order valence-corrected chi connectivity index (χ3v) is 7.19. The minimum atomic E-state index is -3.61. The Morgan fingerprint density at radius 1 is 1.17 bits per heavy atom. The third-order valence-electron chi connectivity index (χ3n) is 4.97. The first kappa shape index (κ1) is 22.4. The van der Waals surface area contributed by atoms with Crippen LogP contribution in [0.1, 0.15) is 26.1 Å². The maximum absolute atomic E-state index is 12.9. The number of aromatic nitrogens is 3. The highest BCUT2D eigenvalue weighted by Crippen LogP contribution is 2.21. The van der Waals surface area contributed by atoms with Crippen molar-refractivity contribution in [2.75, 3.05) is 32.8 Å². The van der Waals surface area contributed by atoms with Gasteiger partial charge < -0.3 is 9.64 Å². The van der Waals surface area contributed by atoms with Crippen LogP contribution in [0.15, 0.2) is 29.2 Å². The van der Waals surface area contributed by atoms with Crippen LogP contribution < -0.4 is 4.74 Å². The van der Waals surface area contributed by atoms with E-state index in [4.69, 9.17) is 17.0 Å². The second-order valence-electron chi connectivity index (χ2n) is 6.97. The summed E-state index contributed by atoms with van der Waals surface area (Å²) in [7, 11) is -3.61. The highest BCUT2D eigenvalue weighted by molar-refractivity contribution is 7.89. The van der Waals surface area contributed by atoms with Gasteiger partial charge in [0.1, 0.15) is 18.1 Å². The van der Waals surface area contributed by atoms with E-state index in [0.717, 1.165) is 18.7 Å². The molecule has 1 aliphatic heterocycles. The van der Waals surface area contributed by atoms with Gasteiger partial charge in [0, 0.05) is 32.6 Å². The molecule has 3 rings (SSSR count). The number of aromatic amines is 1. The van der Waals surface area contributed by atoms with Gasteiger partial charge in [0.2, 0.25) is 15.9 Å². The van der Waals surface area contributed by atoms with Crippen molar-refractivity contribution in [3.05, 3.63) is 34.9 Å². The van der Waals surface area contributed by atoms with Gasteiger partial charge in [0.25, 0.3) is 0 Å². The molecule has 1 aromatic carbocycles. The Bertz CT molecular complexity index is 1020. The number of hydrogen-bond donors (Lipinski definition) is 1. The second-order valence-corrected chi connectivity index (χ2v) is 9.30. The lowest BCUT2D eigenvalue weighted by atomic mass is 10.3. The van der Waals surface area contributed by atoms with Crippen molar-refractivity contribution in [3.8, 4) is 5.75 Å². The molecule has 0 radical (unpaired) electrons. The zero-order valence-electron chi connectivity index (χ0n) is 17.2. The number of hydrogen-bond acceptors (Lipinski definition) is 6. The second kappa shape index (κ2) is 9.71. The van der Waals surface area contributed by atoms with Crippen LogP contribution in [0.5, 0.6) is 5.75 Å². The molecule has 2 heterocycles. The molecule has 1 aliphatic rings. The van der Waals surface area contributed by atoms with Crippen molar-refractivity contribution in [2.45, 2.75) is 38.1 Å². The number of benzene rings is 1. The lowest BCUT2D eigenvalue weighted by Crippen LogP contribution is -2.51. The number of nitrogens with zero attached hydrogens (tertiary/aromatic N) is 4. The van der Waals surface area contributed by atoms with E-state index in [1.165, 1.54) is 4.31 Å². The molecule has 1 N–H and O–H groups in total. The quantitative estimate of drug-likeness (QED) is 0.612. The summed E-state index contributed by atoms with van der Waals surface area (Å²) in [4.78, 5) is 14.6. The average molecular weight is 454 g/mol. The molecule has 1 amide bonds. The topological polar surface area (TPSA) is 101 Å². The number of H-pyrrole nitrogens is 1. The summed E-state index contributed by atoms with van der Waals surface area (Å²) in [6.45, 7) is 5.71. The smallest absolute Gasteiger partial charge is 0.243 e. The van der Waals surface area contributed by atoms with E-state index in [1.807, 2.05) is 13.8 Å². The molecule has 2 aromatic rings. The molecule has 0 atom stereocenters. The molecule has 0 aliphatic carbocycles. The normalized spacial score (nSPS) is 15.3. The van der Waals surface area contributed by atoms with E-state index < -0.39 is 10.0 Å². The summed E-state index contributed by atoms with van der Waals surface area (Å²) in [5, 5.41) is 6.91. The van der Waals surface area contributed by atoms with E-state index in [9.17, 15) is 13.2 Å². The number of carbonyl (C=O) groups is 1. The van der Waals surface area contributed by atoms with Crippen LogP contribution in [-0.4, -0.2) is 71.1 Å². The maximum Gasteiger partial charge on any atom is 0.243 e. The van der Waals surface area contributed by atoms with Crippen LogP contribution in [0.4, 0.5) is 0 Å². The molecule has 11 heteroatoms. The van der Waals surface area contributed by atoms with Gasteiger partial charge in [-0.3, -0.25) is 14.5 Å². The van der Waals surface area contributed by atoms with Crippen molar-refractivity contribution in [1.29, 1.82) is 0 Å². The third kappa shape index (κ3) is 4.90. The largest absolute Gasteiger partial charge is 0.494 e. The molecule has 0 saturated carbocycles. The van der Waals surface area contributed by atoms with Crippen molar-refractivity contribution in [1.82, 2.24) is 24.0 Å². The molecule has 164 valence electrons. The highest BCUT2D eigenvalue weighted by Gasteiger charge is 2.30. The summed E-state index contributed by atoms with van der Waals surface area (Å²) in [6, 6.07) is 6.40. The number of ether oxygens (including phenoxy) is 1. The van der Waals surface area contributed by atoms with Gasteiger partial charge in [-0.2, -0.15) is 9.40 Å². The number of carbonyl (C=O) groups excluding carboxylic acids is 1. The molecule has 0 unspecified atom stereocenters. The fraction of sp³-hybridized carbons (Fsp3) is 0.526. The van der Waals surface area contributed by atoms with Crippen molar-refractivity contribution < 1.29 is 17.9 Å². The van der Waals surface area contributed by atoms with Crippen LogP contribution in [0.25, 0.3) is 0 Å². The average Bonchev–Trinajstić information content (AvgIpc) is 3.08. The predicted molar refractivity (Wildman–Crippen MR) is 114 cm³/mol. The van der Waals surface area contributed by atoms with Gasteiger partial charge in [-0.25, -0.2) is 8.42 Å². The van der Waals surface area contributed by atoms with Crippen molar-refractivity contribution in [3.63, 3.8) is 0 Å². The SMILES string of the molecule is CCCc1n[nH]c(=S)n1CC(=O)N1CCN(S(=O)(=O)c2ccc(OCC)cc2)CC1. The summed E-state index contributed by atoms with van der Waals surface area (Å²) in [5.41, 5.74) is 0. The molecule has 1 aromatic heterocycles. The Hall–Kier alpha value is -2.24. The molecular formula is C19H27N5O4S2. The van der Waals surface area contributed by atoms with Crippen molar-refractivity contribution in [2.24, 2.45) is 0 Å². The van der Waals surface area contributed by atoms with Crippen LogP contribution in [0.3, 0.4) is 0 Å². The van der Waals surface area contributed by atoms with E-state index in [0.29, 0.717) is 30.2 Å². The number of amides is 1. The lowest BCUT2D eigenvalue weighted by Gasteiger charge is -2.34. The Kier molecular flexibility index (Phi) is 7.27. The zero-order chi connectivity index (χ0) is 21.7. The molecule has 9 nitrogen and oxygen atoms in total. The molecule has 1 saturated heterocycles. The van der Waals surface area contributed by atoms with E-state index in [-0.39, 0.29) is 30.4 Å². The Labute approximate surface area is 181 Å². The van der Waals surface area contributed by atoms with Gasteiger partial charge in [0.15, 0.2) is 4.77 Å². The number of nitrogens with one attached hydrogen (secondary N) is 1. The van der Waals surface area contributed by atoms with E-state index in [2.05, 4.69) is 10.2 Å². The molecule has 30 heavy (non-hydrogen) atoms. The van der Waals surface area contributed by atoms with Crippen molar-refractivity contribution >= 4 is 28.1 Å². The monoisotopic (exact) mass is 453 g/mol. The summed E-state index contributed by atoms with van der Waals surface area (Å²) in [6.07, 6.45) is 1.63. The van der Waals surface area contributed by atoms with Gasteiger partial charge in [-0.05, 0) is 49.8 Å². The summed E-state index contributed by atoms with van der Waals surface area (Å²) < 4.78 is 34.7. The number of rotatable bonds is 8. The molecule has 0 spiro atoms. The van der Waals surface area contributed by atoms with Crippen LogP contribution in [-0.2, 0) is 27.8 Å². The standard InChI is InChI=1S/C19H27N5O4S2/c1-3-5-17-20-21-19(29)24(17)14-18(25)22-10-12-23(13-11-22)30(26,27)16-8-6-15(7-9-16)28-4-2/h6-9H,3-5,10-14H2,1-2H3,(H,21,29). The van der Waals surface area contributed by atoms with Crippen LogP contribution in [0, 0.1) is 4.77 Å². The Morgan fingerprint density at radius 3 is 2.43 bits per heavy atom. The minimum absolute atomic E-state index is 0.0945. The number of piperazine rings is 1. The van der Waals surface area contributed by atoms with Crippen LogP contribution >= 0.6 is 12.2 Å². The van der Waals surface area contributed by atoms with Gasteiger partial charge in [-0.1, -0.05) is 6.92 Å². The first-order valence-electron chi connectivity index (χ1n) is 10.0. The molecule has 0 bridgehead atoms. The van der Waals surface area contributed by atoms with E-state index in [1.54, 1.807) is 33.7 Å². The zero-order valence-corrected chi connectivity index (χ0v) is 18.8. The molecule has 1 fully saturated rings. The summed E-state index contributed by atoms with van der Waals surface area (Å²) in [5.74, 6) is 1.29. The predicted octanol–water partition coefficient (Wildman–Crippen LogP) is 1.82. The fourth-order valence-corrected chi connectivity index (χ4v) is 5.00. The highest BCUT2D eigenvalue weighted by atomic mass is 32.2. The number of aryl methyl sites for hydroxylation is 1. The fourth-order valence-electron chi connectivity index (χ4n) is 3.36. The Morgan fingerprint density at radius 2 is 1.83 bits per heavy atom. The maximum atomic E-state index is 12.9. The summed E-state index contributed by atoms with van der Waals surface area (Å²) >= 11 is 5.23. The van der Waals surface area contributed by atoms with E-state index >= 15 is 0 Å². The minimum Gasteiger partial charge on any atom is -0.494 e. The van der Waals surface area contributed by atoms with Gasteiger partial charge in [-0.15, -0.1) is 0 Å². The first-order valence-corrected chi connectivity index (χ1v) is 11.9. The first-order chi connectivity index (χ1) is 14.4. The van der Waals surface area contributed by atoms with Gasteiger partial charge >= 0.3 is 0 Å². The lowest BCUT2D eigenvalue weighted by molar-refractivity contribution is -0.133. The number of sulfonamides is 1. The molecular weight excluding hydrogens is 426 g/mol. The van der Waals surface area contributed by atoms with Gasteiger partial charge in [0.05, 0.1) is 11.5 Å². The Balaban J connectivity index is 1.62.